The first kappa shape index (κ1) is 13.6. The first-order valence-corrected chi connectivity index (χ1v) is 5.84. The topological polar surface area (TPSA) is 42.5 Å². The summed E-state index contributed by atoms with van der Waals surface area (Å²) in [7, 11) is 5.26. The zero-order valence-corrected chi connectivity index (χ0v) is 11.1. The van der Waals surface area contributed by atoms with Crippen molar-refractivity contribution in [1.29, 1.82) is 0 Å². The van der Waals surface area contributed by atoms with Crippen molar-refractivity contribution in [2.75, 3.05) is 39.7 Å². The second-order valence-electron chi connectivity index (χ2n) is 3.91. The number of rotatable bonds is 7. The Labute approximate surface area is 103 Å². The Morgan fingerprint density at radius 1 is 1.06 bits per heavy atom. The lowest BCUT2D eigenvalue weighted by molar-refractivity contribution is 0.355. The zero-order valence-electron chi connectivity index (χ0n) is 11.1. The molecule has 0 aliphatic rings. The van der Waals surface area contributed by atoms with Gasteiger partial charge in [0.2, 0.25) is 0 Å². The fraction of sp³-hybridized carbons (Fsp3) is 0.538. The number of methoxy groups -OCH3 is 2. The number of benzene rings is 1. The van der Waals surface area contributed by atoms with E-state index in [0.717, 1.165) is 42.3 Å². The van der Waals surface area contributed by atoms with Crippen molar-refractivity contribution in [2.45, 2.75) is 13.3 Å². The average Bonchev–Trinajstić information content (AvgIpc) is 2.35. The molecule has 0 saturated heterocycles. The molecule has 4 heteroatoms. The predicted molar refractivity (Wildman–Crippen MR) is 71.3 cm³/mol. The van der Waals surface area contributed by atoms with Crippen LogP contribution in [0.15, 0.2) is 12.1 Å². The fourth-order valence-electron chi connectivity index (χ4n) is 1.66. The van der Waals surface area contributed by atoms with Crippen molar-refractivity contribution < 1.29 is 9.47 Å². The van der Waals surface area contributed by atoms with Crippen molar-refractivity contribution in [2.24, 2.45) is 0 Å². The molecule has 4 nitrogen and oxygen atoms in total. The van der Waals surface area contributed by atoms with Crippen molar-refractivity contribution in [3.8, 4) is 11.5 Å². The van der Waals surface area contributed by atoms with E-state index in [4.69, 9.17) is 9.47 Å². The van der Waals surface area contributed by atoms with E-state index >= 15 is 0 Å². The van der Waals surface area contributed by atoms with E-state index in [9.17, 15) is 0 Å². The second kappa shape index (κ2) is 7.01. The first-order valence-electron chi connectivity index (χ1n) is 5.84. The third kappa shape index (κ3) is 3.82. The number of ether oxygens (including phenoxy) is 2. The highest BCUT2D eigenvalue weighted by atomic mass is 16.5. The zero-order chi connectivity index (χ0) is 12.7. The van der Waals surface area contributed by atoms with E-state index in [2.05, 4.69) is 17.6 Å². The van der Waals surface area contributed by atoms with E-state index in [-0.39, 0.29) is 0 Å². The van der Waals surface area contributed by atoms with Crippen molar-refractivity contribution in [1.82, 2.24) is 5.32 Å². The van der Waals surface area contributed by atoms with E-state index in [0.29, 0.717) is 0 Å². The molecule has 17 heavy (non-hydrogen) atoms. The molecule has 1 aromatic rings. The third-order valence-corrected chi connectivity index (χ3v) is 2.65. The quantitative estimate of drug-likeness (QED) is 0.713. The number of anilines is 1. The minimum Gasteiger partial charge on any atom is -0.493 e. The van der Waals surface area contributed by atoms with Gasteiger partial charge in [0.05, 0.1) is 14.2 Å². The maximum Gasteiger partial charge on any atom is 0.162 e. The smallest absolute Gasteiger partial charge is 0.162 e. The molecule has 0 bridgehead atoms. The summed E-state index contributed by atoms with van der Waals surface area (Å²) < 4.78 is 10.5. The molecule has 0 saturated carbocycles. The van der Waals surface area contributed by atoms with Gasteiger partial charge in [-0.15, -0.1) is 0 Å². The molecule has 96 valence electrons. The van der Waals surface area contributed by atoms with Crippen LogP contribution < -0.4 is 20.1 Å². The van der Waals surface area contributed by atoms with Crippen LogP contribution in [0.3, 0.4) is 0 Å². The largest absolute Gasteiger partial charge is 0.493 e. The summed E-state index contributed by atoms with van der Waals surface area (Å²) in [4.78, 5) is 0. The van der Waals surface area contributed by atoms with Gasteiger partial charge in [-0.3, -0.25) is 0 Å². The Morgan fingerprint density at radius 2 is 1.71 bits per heavy atom. The maximum atomic E-state index is 5.28. The van der Waals surface area contributed by atoms with Gasteiger partial charge in [0.25, 0.3) is 0 Å². The van der Waals surface area contributed by atoms with Crippen LogP contribution in [-0.2, 0) is 0 Å². The highest BCUT2D eigenvalue weighted by molar-refractivity contribution is 5.60. The first-order chi connectivity index (χ1) is 8.22. The van der Waals surface area contributed by atoms with Crippen molar-refractivity contribution in [3.63, 3.8) is 0 Å². The monoisotopic (exact) mass is 238 g/mol. The summed E-state index contributed by atoms with van der Waals surface area (Å²) in [6.45, 7) is 4.01. The Balaban J connectivity index is 2.71. The average molecular weight is 238 g/mol. The second-order valence-corrected chi connectivity index (χ2v) is 3.91. The number of hydrogen-bond donors (Lipinski definition) is 2. The van der Waals surface area contributed by atoms with Gasteiger partial charge in [0.15, 0.2) is 11.5 Å². The van der Waals surface area contributed by atoms with Crippen LogP contribution in [-0.4, -0.2) is 34.4 Å². The van der Waals surface area contributed by atoms with Crippen LogP contribution in [0.2, 0.25) is 0 Å². The van der Waals surface area contributed by atoms with Crippen LogP contribution >= 0.6 is 0 Å². The minimum absolute atomic E-state index is 0.759. The molecular formula is C13H22N2O2. The van der Waals surface area contributed by atoms with Gasteiger partial charge in [0, 0.05) is 18.3 Å². The van der Waals surface area contributed by atoms with Crippen LogP contribution in [0.5, 0.6) is 11.5 Å². The molecule has 1 aromatic carbocycles. The Hall–Kier alpha value is -1.42. The predicted octanol–water partition coefficient (Wildman–Crippen LogP) is 2.03. The van der Waals surface area contributed by atoms with Gasteiger partial charge in [-0.05, 0) is 38.6 Å². The standard InChI is InChI=1S/C13H22N2O2/c1-10-8-12(16-3)13(17-4)9-11(10)15-7-5-6-14-2/h8-9,14-15H,5-7H2,1-4H3. The summed E-state index contributed by atoms with van der Waals surface area (Å²) in [5.41, 5.74) is 2.26. The van der Waals surface area contributed by atoms with E-state index in [1.165, 1.54) is 0 Å². The van der Waals surface area contributed by atoms with Crippen LogP contribution in [0.4, 0.5) is 5.69 Å². The molecule has 0 spiro atoms. The van der Waals surface area contributed by atoms with Gasteiger partial charge in [-0.25, -0.2) is 0 Å². The molecular weight excluding hydrogens is 216 g/mol. The minimum atomic E-state index is 0.759. The Kier molecular flexibility index (Phi) is 5.63. The summed E-state index contributed by atoms with van der Waals surface area (Å²) in [6.07, 6.45) is 1.09. The van der Waals surface area contributed by atoms with Crippen LogP contribution in [0.25, 0.3) is 0 Å². The molecule has 1 rings (SSSR count). The molecule has 0 unspecified atom stereocenters. The van der Waals surface area contributed by atoms with Crippen LogP contribution in [0.1, 0.15) is 12.0 Å². The normalized spacial score (nSPS) is 10.1. The SMILES string of the molecule is CNCCCNc1cc(OC)c(OC)cc1C. The van der Waals surface area contributed by atoms with Crippen molar-refractivity contribution >= 4 is 5.69 Å². The molecule has 0 aromatic heterocycles. The lowest BCUT2D eigenvalue weighted by Gasteiger charge is -2.14. The van der Waals surface area contributed by atoms with E-state index in [1.807, 2.05) is 19.2 Å². The van der Waals surface area contributed by atoms with Gasteiger partial charge in [-0.2, -0.15) is 0 Å². The molecule has 0 amide bonds. The fourth-order valence-corrected chi connectivity index (χ4v) is 1.66. The molecule has 0 aliphatic carbocycles. The van der Waals surface area contributed by atoms with Gasteiger partial charge in [-0.1, -0.05) is 0 Å². The molecule has 0 radical (unpaired) electrons. The van der Waals surface area contributed by atoms with Crippen LogP contribution in [0, 0.1) is 6.92 Å². The summed E-state index contributed by atoms with van der Waals surface area (Å²) in [6, 6.07) is 3.97. The molecule has 0 fully saturated rings. The molecule has 0 aliphatic heterocycles. The molecule has 2 N–H and O–H groups in total. The lowest BCUT2D eigenvalue weighted by Crippen LogP contribution is -2.13. The highest BCUT2D eigenvalue weighted by Crippen LogP contribution is 2.32. The van der Waals surface area contributed by atoms with Gasteiger partial charge in [0.1, 0.15) is 0 Å². The van der Waals surface area contributed by atoms with Gasteiger partial charge < -0.3 is 20.1 Å². The number of nitrogens with one attached hydrogen (secondary N) is 2. The van der Waals surface area contributed by atoms with Gasteiger partial charge >= 0.3 is 0 Å². The molecule has 0 atom stereocenters. The Morgan fingerprint density at radius 3 is 2.29 bits per heavy atom. The number of hydrogen-bond acceptors (Lipinski definition) is 4. The summed E-state index contributed by atoms with van der Waals surface area (Å²) >= 11 is 0. The van der Waals surface area contributed by atoms with Crippen molar-refractivity contribution in [3.05, 3.63) is 17.7 Å². The van der Waals surface area contributed by atoms with E-state index in [1.54, 1.807) is 14.2 Å². The maximum absolute atomic E-state index is 5.28. The highest BCUT2D eigenvalue weighted by Gasteiger charge is 2.07. The summed E-state index contributed by atoms with van der Waals surface area (Å²) in [5, 5.41) is 6.52. The number of aryl methyl sites for hydroxylation is 1. The summed E-state index contributed by atoms with van der Waals surface area (Å²) in [5.74, 6) is 1.53. The van der Waals surface area contributed by atoms with E-state index < -0.39 is 0 Å². The lowest BCUT2D eigenvalue weighted by atomic mass is 10.1. The Bertz CT molecular complexity index is 354. The molecule has 0 heterocycles. The third-order valence-electron chi connectivity index (χ3n) is 2.65.